The van der Waals surface area contributed by atoms with Gasteiger partial charge in [-0.25, -0.2) is 4.98 Å². The van der Waals surface area contributed by atoms with E-state index < -0.39 is 0 Å². The van der Waals surface area contributed by atoms with Crippen molar-refractivity contribution < 1.29 is 4.79 Å². The molecule has 0 radical (unpaired) electrons. The van der Waals surface area contributed by atoms with Crippen molar-refractivity contribution in [1.29, 1.82) is 0 Å². The molecule has 5 nitrogen and oxygen atoms in total. The molecule has 3 aromatic rings. The zero-order chi connectivity index (χ0) is 18.8. The number of nitrogens with one attached hydrogen (secondary N) is 1. The third-order valence-electron chi connectivity index (χ3n) is 4.92. The van der Waals surface area contributed by atoms with E-state index in [1.54, 1.807) is 18.2 Å². The number of carbonyl (C=O) groups is 1. The Bertz CT molecular complexity index is 983. The molecule has 138 valence electrons. The standard InChI is InChI=1S/C21H21ClN4O/c1-25-10-12-26(13-11-25)20-18-14-16(7-6-15(18)8-9-23-20)24-21(27)17-4-2-3-5-19(17)22/h2-9,14H,10-13H2,1H3,(H,24,27). The number of carbonyl (C=O) groups excluding carboxylic acids is 1. The molecule has 0 atom stereocenters. The Morgan fingerprint density at radius 3 is 2.63 bits per heavy atom. The summed E-state index contributed by atoms with van der Waals surface area (Å²) in [4.78, 5) is 21.8. The normalized spacial score (nSPS) is 15.1. The summed E-state index contributed by atoms with van der Waals surface area (Å²) in [6, 6.07) is 14.9. The van der Waals surface area contributed by atoms with Crippen LogP contribution in [0.25, 0.3) is 10.8 Å². The SMILES string of the molecule is CN1CCN(c2nccc3ccc(NC(=O)c4ccccc4Cl)cc23)CC1. The molecular formula is C21H21ClN4O. The summed E-state index contributed by atoms with van der Waals surface area (Å²) in [5.74, 6) is 0.749. The molecule has 27 heavy (non-hydrogen) atoms. The number of rotatable bonds is 3. The molecule has 1 aliphatic heterocycles. The number of aromatic nitrogens is 1. The van der Waals surface area contributed by atoms with E-state index in [1.165, 1.54) is 0 Å². The highest BCUT2D eigenvalue weighted by Crippen LogP contribution is 2.28. The smallest absolute Gasteiger partial charge is 0.257 e. The van der Waals surface area contributed by atoms with Crippen LogP contribution in [0.3, 0.4) is 0 Å². The maximum absolute atomic E-state index is 12.6. The monoisotopic (exact) mass is 380 g/mol. The summed E-state index contributed by atoms with van der Waals surface area (Å²) < 4.78 is 0. The largest absolute Gasteiger partial charge is 0.354 e. The Labute approximate surface area is 163 Å². The summed E-state index contributed by atoms with van der Waals surface area (Å²) in [6.45, 7) is 3.92. The molecule has 4 rings (SSSR count). The van der Waals surface area contributed by atoms with Gasteiger partial charge in [-0.2, -0.15) is 0 Å². The van der Waals surface area contributed by atoms with Crippen LogP contribution in [0.2, 0.25) is 5.02 Å². The Kier molecular flexibility index (Phi) is 4.97. The van der Waals surface area contributed by atoms with Gasteiger partial charge in [0.15, 0.2) is 0 Å². The van der Waals surface area contributed by atoms with Gasteiger partial charge in [0.2, 0.25) is 0 Å². The molecule has 1 fully saturated rings. The first-order valence-electron chi connectivity index (χ1n) is 9.00. The Morgan fingerprint density at radius 2 is 1.85 bits per heavy atom. The molecular weight excluding hydrogens is 360 g/mol. The molecule has 1 saturated heterocycles. The van der Waals surface area contributed by atoms with E-state index >= 15 is 0 Å². The van der Waals surface area contributed by atoms with E-state index in [2.05, 4.69) is 27.1 Å². The van der Waals surface area contributed by atoms with Crippen molar-refractivity contribution in [3.8, 4) is 0 Å². The molecule has 2 heterocycles. The number of piperazine rings is 1. The highest BCUT2D eigenvalue weighted by atomic mass is 35.5. The van der Waals surface area contributed by atoms with Gasteiger partial charge >= 0.3 is 0 Å². The van der Waals surface area contributed by atoms with Gasteiger partial charge < -0.3 is 15.1 Å². The fourth-order valence-electron chi connectivity index (χ4n) is 3.34. The van der Waals surface area contributed by atoms with Gasteiger partial charge in [0.1, 0.15) is 5.82 Å². The lowest BCUT2D eigenvalue weighted by Gasteiger charge is -2.33. The first-order valence-corrected chi connectivity index (χ1v) is 9.38. The van der Waals surface area contributed by atoms with Crippen molar-refractivity contribution >= 4 is 39.8 Å². The highest BCUT2D eigenvalue weighted by molar-refractivity contribution is 6.34. The third kappa shape index (κ3) is 3.75. The lowest BCUT2D eigenvalue weighted by Crippen LogP contribution is -2.44. The van der Waals surface area contributed by atoms with E-state index in [0.29, 0.717) is 10.6 Å². The average Bonchev–Trinajstić information content (AvgIpc) is 2.68. The number of hydrogen-bond acceptors (Lipinski definition) is 4. The summed E-state index contributed by atoms with van der Waals surface area (Å²) in [5, 5.41) is 5.54. The minimum atomic E-state index is -0.218. The predicted molar refractivity (Wildman–Crippen MR) is 111 cm³/mol. The number of nitrogens with zero attached hydrogens (tertiary/aromatic N) is 3. The molecule has 2 aromatic carbocycles. The molecule has 0 unspecified atom stereocenters. The number of likely N-dealkylation sites (N-methyl/N-ethyl adjacent to an activating group) is 1. The maximum atomic E-state index is 12.6. The topological polar surface area (TPSA) is 48.5 Å². The molecule has 1 aromatic heterocycles. The minimum absolute atomic E-state index is 0.218. The second-order valence-electron chi connectivity index (χ2n) is 6.79. The molecule has 1 aliphatic rings. The maximum Gasteiger partial charge on any atom is 0.257 e. The first kappa shape index (κ1) is 17.8. The minimum Gasteiger partial charge on any atom is -0.354 e. The van der Waals surface area contributed by atoms with E-state index in [0.717, 1.165) is 48.5 Å². The fraction of sp³-hybridized carbons (Fsp3) is 0.238. The van der Waals surface area contributed by atoms with Crippen LogP contribution in [0.1, 0.15) is 10.4 Å². The van der Waals surface area contributed by atoms with Crippen molar-refractivity contribution in [2.45, 2.75) is 0 Å². The number of fused-ring (bicyclic) bond motifs is 1. The zero-order valence-corrected chi connectivity index (χ0v) is 15.9. The van der Waals surface area contributed by atoms with E-state index in [9.17, 15) is 4.79 Å². The van der Waals surface area contributed by atoms with Gasteiger partial charge in [0, 0.05) is 43.4 Å². The first-order chi connectivity index (χ1) is 13.1. The number of hydrogen-bond donors (Lipinski definition) is 1. The lowest BCUT2D eigenvalue weighted by atomic mass is 10.1. The van der Waals surface area contributed by atoms with Crippen molar-refractivity contribution in [2.24, 2.45) is 0 Å². The van der Waals surface area contributed by atoms with Gasteiger partial charge in [0.25, 0.3) is 5.91 Å². The van der Waals surface area contributed by atoms with Crippen LogP contribution in [-0.4, -0.2) is 49.0 Å². The number of benzene rings is 2. The highest BCUT2D eigenvalue weighted by Gasteiger charge is 2.18. The lowest BCUT2D eigenvalue weighted by molar-refractivity contribution is 0.102. The van der Waals surface area contributed by atoms with Crippen LogP contribution < -0.4 is 10.2 Å². The quantitative estimate of drug-likeness (QED) is 0.748. The van der Waals surface area contributed by atoms with Crippen molar-refractivity contribution in [1.82, 2.24) is 9.88 Å². The van der Waals surface area contributed by atoms with Crippen LogP contribution in [0, 0.1) is 0 Å². The van der Waals surface area contributed by atoms with Crippen LogP contribution >= 0.6 is 11.6 Å². The third-order valence-corrected chi connectivity index (χ3v) is 5.25. The van der Waals surface area contributed by atoms with Crippen molar-refractivity contribution in [3.63, 3.8) is 0 Å². The molecule has 1 amide bonds. The van der Waals surface area contributed by atoms with Crippen LogP contribution in [0.15, 0.2) is 54.7 Å². The van der Waals surface area contributed by atoms with Gasteiger partial charge in [-0.15, -0.1) is 0 Å². The second-order valence-corrected chi connectivity index (χ2v) is 7.20. The summed E-state index contributed by atoms with van der Waals surface area (Å²) >= 11 is 6.14. The Balaban J connectivity index is 1.64. The number of amides is 1. The van der Waals surface area contributed by atoms with Crippen LogP contribution in [0.5, 0.6) is 0 Å². The second kappa shape index (κ2) is 7.55. The molecule has 0 spiro atoms. The Morgan fingerprint density at radius 1 is 1.07 bits per heavy atom. The predicted octanol–water partition coefficient (Wildman–Crippen LogP) is 3.89. The molecule has 0 aliphatic carbocycles. The summed E-state index contributed by atoms with van der Waals surface area (Å²) in [5.41, 5.74) is 1.19. The van der Waals surface area contributed by atoms with Crippen molar-refractivity contribution in [3.05, 3.63) is 65.3 Å². The van der Waals surface area contributed by atoms with Crippen LogP contribution in [0.4, 0.5) is 11.5 Å². The molecule has 0 bridgehead atoms. The summed E-state index contributed by atoms with van der Waals surface area (Å²) in [6.07, 6.45) is 1.85. The van der Waals surface area contributed by atoms with Gasteiger partial charge in [-0.3, -0.25) is 4.79 Å². The van der Waals surface area contributed by atoms with Gasteiger partial charge in [0.05, 0.1) is 10.6 Å². The molecule has 1 N–H and O–H groups in total. The van der Waals surface area contributed by atoms with Gasteiger partial charge in [-0.05, 0) is 42.8 Å². The number of anilines is 2. The number of halogens is 1. The van der Waals surface area contributed by atoms with Gasteiger partial charge in [-0.1, -0.05) is 29.8 Å². The van der Waals surface area contributed by atoms with E-state index in [-0.39, 0.29) is 5.91 Å². The fourth-order valence-corrected chi connectivity index (χ4v) is 3.57. The summed E-state index contributed by atoms with van der Waals surface area (Å²) in [7, 11) is 2.14. The van der Waals surface area contributed by atoms with Crippen molar-refractivity contribution in [2.75, 3.05) is 43.4 Å². The average molecular weight is 381 g/mol. The Hall–Kier alpha value is -2.63. The zero-order valence-electron chi connectivity index (χ0n) is 15.2. The van der Waals surface area contributed by atoms with E-state index in [1.807, 2.05) is 36.5 Å². The molecule has 0 saturated carbocycles. The van der Waals surface area contributed by atoms with E-state index in [4.69, 9.17) is 11.6 Å². The van der Waals surface area contributed by atoms with Crippen LogP contribution in [-0.2, 0) is 0 Å². The number of pyridine rings is 1. The molecule has 6 heteroatoms.